The van der Waals surface area contributed by atoms with Crippen molar-refractivity contribution in [3.05, 3.63) is 23.9 Å². The Morgan fingerprint density at radius 2 is 2.10 bits per heavy atom. The second kappa shape index (κ2) is 8.40. The maximum atomic E-state index is 4.31. The number of pyridine rings is 1. The third-order valence-electron chi connectivity index (χ3n) is 2.97. The second-order valence-corrected chi connectivity index (χ2v) is 5.45. The summed E-state index contributed by atoms with van der Waals surface area (Å²) in [5, 5.41) is 6.64. The zero-order chi connectivity index (χ0) is 15.0. The van der Waals surface area contributed by atoms with E-state index in [1.54, 1.807) is 7.05 Å². The molecule has 0 amide bonds. The molecule has 0 saturated carbocycles. The summed E-state index contributed by atoms with van der Waals surface area (Å²) in [6.07, 6.45) is 2.97. The average Bonchev–Trinajstić information content (AvgIpc) is 2.42. The van der Waals surface area contributed by atoms with Gasteiger partial charge in [0.2, 0.25) is 0 Å². The lowest BCUT2D eigenvalue weighted by Gasteiger charge is -2.15. The Balaban J connectivity index is 2.46. The summed E-state index contributed by atoms with van der Waals surface area (Å²) in [6, 6.07) is 4.09. The van der Waals surface area contributed by atoms with Crippen LogP contribution in [0.4, 0.5) is 5.82 Å². The SMILES string of the molecule is CN=C(NCCC(C)C)NCc1ccnc(N(C)C)c1. The number of aromatic nitrogens is 1. The fourth-order valence-corrected chi connectivity index (χ4v) is 1.70. The molecule has 5 nitrogen and oxygen atoms in total. The van der Waals surface area contributed by atoms with Gasteiger partial charge in [0.05, 0.1) is 0 Å². The Bertz CT molecular complexity index is 426. The van der Waals surface area contributed by atoms with Gasteiger partial charge in [-0.15, -0.1) is 0 Å². The molecule has 0 bridgehead atoms. The first kappa shape index (κ1) is 16.3. The molecule has 0 radical (unpaired) electrons. The molecule has 20 heavy (non-hydrogen) atoms. The number of nitrogens with one attached hydrogen (secondary N) is 2. The van der Waals surface area contributed by atoms with E-state index in [1.165, 1.54) is 5.56 Å². The Hall–Kier alpha value is -1.78. The molecule has 0 fully saturated rings. The summed E-state index contributed by atoms with van der Waals surface area (Å²) in [4.78, 5) is 10.5. The van der Waals surface area contributed by atoms with E-state index in [0.717, 1.165) is 31.3 Å². The molecule has 0 atom stereocenters. The van der Waals surface area contributed by atoms with E-state index in [9.17, 15) is 0 Å². The Morgan fingerprint density at radius 3 is 2.70 bits per heavy atom. The van der Waals surface area contributed by atoms with Crippen molar-refractivity contribution in [1.29, 1.82) is 0 Å². The molecular weight excluding hydrogens is 250 g/mol. The minimum absolute atomic E-state index is 0.698. The molecule has 1 aromatic rings. The topological polar surface area (TPSA) is 52.6 Å². The molecule has 0 spiro atoms. The van der Waals surface area contributed by atoms with E-state index in [-0.39, 0.29) is 0 Å². The number of guanidine groups is 1. The fraction of sp³-hybridized carbons (Fsp3) is 0.600. The highest BCUT2D eigenvalue weighted by Gasteiger charge is 2.02. The Kier molecular flexibility index (Phi) is 6.84. The largest absolute Gasteiger partial charge is 0.363 e. The van der Waals surface area contributed by atoms with Crippen molar-refractivity contribution in [3.63, 3.8) is 0 Å². The van der Waals surface area contributed by atoms with Crippen molar-refractivity contribution < 1.29 is 0 Å². The predicted molar refractivity (Wildman–Crippen MR) is 86.2 cm³/mol. The summed E-state index contributed by atoms with van der Waals surface area (Å²) in [5.41, 5.74) is 1.19. The lowest BCUT2D eigenvalue weighted by Crippen LogP contribution is -2.37. The number of rotatable bonds is 6. The summed E-state index contributed by atoms with van der Waals surface area (Å²) < 4.78 is 0. The molecule has 0 unspecified atom stereocenters. The molecule has 112 valence electrons. The summed E-state index contributed by atoms with van der Waals surface area (Å²) in [6.45, 7) is 6.12. The molecule has 1 heterocycles. The quantitative estimate of drug-likeness (QED) is 0.615. The van der Waals surface area contributed by atoms with Crippen molar-refractivity contribution in [2.24, 2.45) is 10.9 Å². The maximum absolute atomic E-state index is 4.31. The fourth-order valence-electron chi connectivity index (χ4n) is 1.70. The van der Waals surface area contributed by atoms with Gasteiger partial charge < -0.3 is 15.5 Å². The first-order valence-electron chi connectivity index (χ1n) is 7.09. The van der Waals surface area contributed by atoms with Gasteiger partial charge in [-0.1, -0.05) is 13.8 Å². The third-order valence-corrected chi connectivity index (χ3v) is 2.97. The highest BCUT2D eigenvalue weighted by molar-refractivity contribution is 5.79. The normalized spacial score (nSPS) is 11.6. The lowest BCUT2D eigenvalue weighted by molar-refractivity contribution is 0.573. The van der Waals surface area contributed by atoms with Crippen LogP contribution in [-0.4, -0.2) is 38.6 Å². The van der Waals surface area contributed by atoms with Crippen LogP contribution in [0.2, 0.25) is 0 Å². The summed E-state index contributed by atoms with van der Waals surface area (Å²) in [7, 11) is 5.78. The third kappa shape index (κ3) is 5.91. The zero-order valence-corrected chi connectivity index (χ0v) is 13.3. The molecule has 1 aromatic heterocycles. The van der Waals surface area contributed by atoms with Gasteiger partial charge in [0, 0.05) is 40.4 Å². The average molecular weight is 277 g/mol. The first-order valence-corrected chi connectivity index (χ1v) is 7.09. The number of hydrogen-bond acceptors (Lipinski definition) is 3. The standard InChI is InChI=1S/C15H27N5/c1-12(2)6-8-18-15(16-3)19-11-13-7-9-17-14(10-13)20(4)5/h7,9-10,12H,6,8,11H2,1-5H3,(H2,16,18,19). The number of anilines is 1. The van der Waals surface area contributed by atoms with Crippen LogP contribution in [0.15, 0.2) is 23.3 Å². The van der Waals surface area contributed by atoms with Gasteiger partial charge in [-0.2, -0.15) is 0 Å². The van der Waals surface area contributed by atoms with Crippen LogP contribution in [0.5, 0.6) is 0 Å². The van der Waals surface area contributed by atoms with Crippen LogP contribution >= 0.6 is 0 Å². The minimum atomic E-state index is 0.698. The summed E-state index contributed by atoms with van der Waals surface area (Å²) >= 11 is 0. The molecular formula is C15H27N5. The van der Waals surface area contributed by atoms with Crippen LogP contribution in [0.25, 0.3) is 0 Å². The molecule has 1 rings (SSSR count). The number of nitrogens with zero attached hydrogens (tertiary/aromatic N) is 3. The molecule has 0 aliphatic carbocycles. The van der Waals surface area contributed by atoms with Gasteiger partial charge in [-0.25, -0.2) is 4.98 Å². The van der Waals surface area contributed by atoms with Crippen molar-refractivity contribution in [2.45, 2.75) is 26.8 Å². The van der Waals surface area contributed by atoms with Crippen molar-refractivity contribution in [3.8, 4) is 0 Å². The van der Waals surface area contributed by atoms with Crippen LogP contribution in [-0.2, 0) is 6.54 Å². The second-order valence-electron chi connectivity index (χ2n) is 5.45. The van der Waals surface area contributed by atoms with Crippen molar-refractivity contribution in [2.75, 3.05) is 32.6 Å². The van der Waals surface area contributed by atoms with Crippen LogP contribution in [0, 0.1) is 5.92 Å². The predicted octanol–water partition coefficient (Wildman–Crippen LogP) is 1.86. The van der Waals surface area contributed by atoms with Gasteiger partial charge in [0.25, 0.3) is 0 Å². The number of hydrogen-bond donors (Lipinski definition) is 2. The smallest absolute Gasteiger partial charge is 0.191 e. The van der Waals surface area contributed by atoms with Crippen molar-refractivity contribution in [1.82, 2.24) is 15.6 Å². The van der Waals surface area contributed by atoms with E-state index in [1.807, 2.05) is 31.3 Å². The van der Waals surface area contributed by atoms with E-state index in [0.29, 0.717) is 5.92 Å². The maximum Gasteiger partial charge on any atom is 0.191 e. The number of aliphatic imine (C=N–C) groups is 1. The van der Waals surface area contributed by atoms with E-state index < -0.39 is 0 Å². The minimum Gasteiger partial charge on any atom is -0.363 e. The van der Waals surface area contributed by atoms with Crippen LogP contribution < -0.4 is 15.5 Å². The molecule has 0 saturated heterocycles. The van der Waals surface area contributed by atoms with E-state index in [2.05, 4.69) is 40.5 Å². The monoisotopic (exact) mass is 277 g/mol. The zero-order valence-electron chi connectivity index (χ0n) is 13.3. The molecule has 0 aliphatic heterocycles. The molecule has 0 aromatic carbocycles. The van der Waals surface area contributed by atoms with Crippen LogP contribution in [0.1, 0.15) is 25.8 Å². The summed E-state index contributed by atoms with van der Waals surface area (Å²) in [5.74, 6) is 2.50. The first-order chi connectivity index (χ1) is 9.52. The molecule has 2 N–H and O–H groups in total. The van der Waals surface area contributed by atoms with Gasteiger partial charge >= 0.3 is 0 Å². The molecule has 0 aliphatic rings. The van der Waals surface area contributed by atoms with E-state index in [4.69, 9.17) is 0 Å². The highest BCUT2D eigenvalue weighted by atomic mass is 15.2. The lowest BCUT2D eigenvalue weighted by atomic mass is 10.1. The highest BCUT2D eigenvalue weighted by Crippen LogP contribution is 2.09. The van der Waals surface area contributed by atoms with Gasteiger partial charge in [0.15, 0.2) is 5.96 Å². The molecule has 5 heteroatoms. The van der Waals surface area contributed by atoms with E-state index >= 15 is 0 Å². The van der Waals surface area contributed by atoms with Gasteiger partial charge in [-0.3, -0.25) is 4.99 Å². The van der Waals surface area contributed by atoms with Crippen molar-refractivity contribution >= 4 is 11.8 Å². The van der Waals surface area contributed by atoms with Crippen LogP contribution in [0.3, 0.4) is 0 Å². The van der Waals surface area contributed by atoms with Gasteiger partial charge in [-0.05, 0) is 30.0 Å². The van der Waals surface area contributed by atoms with Gasteiger partial charge in [0.1, 0.15) is 5.82 Å². The Morgan fingerprint density at radius 1 is 1.35 bits per heavy atom. The Labute approximate surface area is 122 Å².